The average molecular weight is 404 g/mol. The lowest BCUT2D eigenvalue weighted by atomic mass is 10.0. The van der Waals surface area contributed by atoms with Crippen LogP contribution in [0.3, 0.4) is 0 Å². The Hall–Kier alpha value is -4.00. The molecule has 0 saturated carbocycles. The smallest absolute Gasteiger partial charge is 0.313 e. The van der Waals surface area contributed by atoms with Crippen molar-refractivity contribution in [2.45, 2.75) is 19.4 Å². The third-order valence-electron chi connectivity index (χ3n) is 4.51. The second-order valence-corrected chi connectivity index (χ2v) is 6.69. The molecule has 0 bridgehead atoms. The van der Waals surface area contributed by atoms with Gasteiger partial charge in [0.25, 0.3) is 11.6 Å². The van der Waals surface area contributed by atoms with Gasteiger partial charge in [-0.05, 0) is 36.8 Å². The van der Waals surface area contributed by atoms with Crippen LogP contribution in [0.2, 0.25) is 0 Å². The number of nitro groups is 1. The molecule has 7 heteroatoms. The van der Waals surface area contributed by atoms with E-state index in [2.05, 4.69) is 5.32 Å². The van der Waals surface area contributed by atoms with Crippen LogP contribution in [0.1, 0.15) is 33.9 Å². The van der Waals surface area contributed by atoms with Gasteiger partial charge in [-0.15, -0.1) is 0 Å². The SMILES string of the molecule is Cc1cc(OC(=O)CC(NC(=O)c2ccccc2)c2ccccc2)ccc1[N+](=O)[O-]. The Balaban J connectivity index is 1.74. The fraction of sp³-hybridized carbons (Fsp3) is 0.130. The molecule has 3 aromatic rings. The monoisotopic (exact) mass is 404 g/mol. The molecule has 0 aliphatic heterocycles. The number of ether oxygens (including phenoxy) is 1. The van der Waals surface area contributed by atoms with Gasteiger partial charge in [0, 0.05) is 17.2 Å². The van der Waals surface area contributed by atoms with Crippen molar-refractivity contribution in [1.29, 1.82) is 0 Å². The molecule has 0 fully saturated rings. The molecule has 152 valence electrons. The number of esters is 1. The van der Waals surface area contributed by atoms with Crippen LogP contribution in [0.4, 0.5) is 5.69 Å². The Morgan fingerprint density at radius 2 is 1.63 bits per heavy atom. The van der Waals surface area contributed by atoms with Crippen LogP contribution in [0.5, 0.6) is 5.75 Å². The molecule has 3 rings (SSSR count). The van der Waals surface area contributed by atoms with Crippen LogP contribution in [-0.2, 0) is 4.79 Å². The third kappa shape index (κ3) is 5.29. The third-order valence-corrected chi connectivity index (χ3v) is 4.51. The van der Waals surface area contributed by atoms with Gasteiger partial charge in [0.15, 0.2) is 0 Å². The second kappa shape index (κ2) is 9.47. The normalized spacial score (nSPS) is 11.4. The number of aryl methyl sites for hydroxylation is 1. The van der Waals surface area contributed by atoms with E-state index in [9.17, 15) is 19.7 Å². The van der Waals surface area contributed by atoms with Crippen LogP contribution in [-0.4, -0.2) is 16.8 Å². The summed E-state index contributed by atoms with van der Waals surface area (Å²) >= 11 is 0. The maximum Gasteiger partial charge on any atom is 0.313 e. The predicted molar refractivity (Wildman–Crippen MR) is 111 cm³/mol. The highest BCUT2D eigenvalue weighted by molar-refractivity contribution is 5.94. The van der Waals surface area contributed by atoms with Gasteiger partial charge in [0.1, 0.15) is 5.75 Å². The van der Waals surface area contributed by atoms with E-state index in [-0.39, 0.29) is 23.8 Å². The fourth-order valence-electron chi connectivity index (χ4n) is 3.00. The van der Waals surface area contributed by atoms with Crippen molar-refractivity contribution in [3.63, 3.8) is 0 Å². The largest absolute Gasteiger partial charge is 0.426 e. The van der Waals surface area contributed by atoms with Gasteiger partial charge < -0.3 is 10.1 Å². The van der Waals surface area contributed by atoms with E-state index in [0.717, 1.165) is 5.56 Å². The highest BCUT2D eigenvalue weighted by Gasteiger charge is 2.21. The summed E-state index contributed by atoms with van der Waals surface area (Å²) in [7, 11) is 0. The number of nitro benzene ring substituents is 1. The van der Waals surface area contributed by atoms with Gasteiger partial charge in [-0.25, -0.2) is 0 Å². The minimum atomic E-state index is -0.592. The Labute approximate surface area is 173 Å². The van der Waals surface area contributed by atoms with E-state index in [0.29, 0.717) is 11.1 Å². The number of carbonyl (C=O) groups excluding carboxylic acids is 2. The van der Waals surface area contributed by atoms with E-state index in [1.165, 1.54) is 18.2 Å². The molecule has 7 nitrogen and oxygen atoms in total. The molecule has 0 spiro atoms. The summed E-state index contributed by atoms with van der Waals surface area (Å²) in [6, 6.07) is 21.4. The molecule has 0 radical (unpaired) electrons. The number of hydrogen-bond acceptors (Lipinski definition) is 5. The van der Waals surface area contributed by atoms with Crippen molar-refractivity contribution >= 4 is 17.6 Å². The van der Waals surface area contributed by atoms with Crippen molar-refractivity contribution in [3.8, 4) is 5.75 Å². The first-order chi connectivity index (χ1) is 14.4. The quantitative estimate of drug-likeness (QED) is 0.273. The molecule has 1 unspecified atom stereocenters. The Morgan fingerprint density at radius 1 is 1.00 bits per heavy atom. The lowest BCUT2D eigenvalue weighted by molar-refractivity contribution is -0.385. The molecule has 0 aromatic heterocycles. The first-order valence-corrected chi connectivity index (χ1v) is 9.30. The van der Waals surface area contributed by atoms with Crippen LogP contribution in [0.25, 0.3) is 0 Å². The summed E-state index contributed by atoms with van der Waals surface area (Å²) in [5.74, 6) is -0.654. The van der Waals surface area contributed by atoms with E-state index >= 15 is 0 Å². The maximum absolute atomic E-state index is 12.6. The van der Waals surface area contributed by atoms with E-state index in [1.54, 1.807) is 31.2 Å². The molecule has 0 aliphatic rings. The van der Waals surface area contributed by atoms with Gasteiger partial charge >= 0.3 is 5.97 Å². The zero-order valence-corrected chi connectivity index (χ0v) is 16.3. The topological polar surface area (TPSA) is 98.5 Å². The first-order valence-electron chi connectivity index (χ1n) is 9.30. The Kier molecular flexibility index (Phi) is 6.54. The van der Waals surface area contributed by atoms with E-state index in [1.807, 2.05) is 36.4 Å². The summed E-state index contributed by atoms with van der Waals surface area (Å²) in [5, 5.41) is 13.8. The number of carbonyl (C=O) groups is 2. The zero-order chi connectivity index (χ0) is 21.5. The molecule has 0 heterocycles. The number of benzene rings is 3. The summed E-state index contributed by atoms with van der Waals surface area (Å²) < 4.78 is 5.36. The lowest BCUT2D eigenvalue weighted by Gasteiger charge is -2.19. The maximum atomic E-state index is 12.6. The minimum Gasteiger partial charge on any atom is -0.426 e. The van der Waals surface area contributed by atoms with Gasteiger partial charge in [-0.2, -0.15) is 0 Å². The average Bonchev–Trinajstić information content (AvgIpc) is 2.74. The Morgan fingerprint density at radius 3 is 2.23 bits per heavy atom. The van der Waals surface area contributed by atoms with Crippen molar-refractivity contribution in [1.82, 2.24) is 5.32 Å². The molecule has 1 N–H and O–H groups in total. The summed E-state index contributed by atoms with van der Waals surface area (Å²) in [6.07, 6.45) is -0.0986. The van der Waals surface area contributed by atoms with Crippen molar-refractivity contribution < 1.29 is 19.2 Å². The summed E-state index contributed by atoms with van der Waals surface area (Å²) in [5.41, 5.74) is 1.59. The number of hydrogen-bond donors (Lipinski definition) is 1. The number of rotatable bonds is 7. The number of nitrogens with one attached hydrogen (secondary N) is 1. The predicted octanol–water partition coefficient (Wildman–Crippen LogP) is 4.37. The summed E-state index contributed by atoms with van der Waals surface area (Å²) in [4.78, 5) is 35.6. The lowest BCUT2D eigenvalue weighted by Crippen LogP contribution is -2.31. The second-order valence-electron chi connectivity index (χ2n) is 6.69. The van der Waals surface area contributed by atoms with Gasteiger partial charge in [0.05, 0.1) is 17.4 Å². The molecule has 0 aliphatic carbocycles. The van der Waals surface area contributed by atoms with E-state index in [4.69, 9.17) is 4.74 Å². The molecule has 3 aromatic carbocycles. The Bertz CT molecular complexity index is 1050. The van der Waals surface area contributed by atoms with E-state index < -0.39 is 16.9 Å². The van der Waals surface area contributed by atoms with Crippen LogP contribution in [0, 0.1) is 17.0 Å². The molecular formula is C23H20N2O5. The van der Waals surface area contributed by atoms with Crippen LogP contribution >= 0.6 is 0 Å². The van der Waals surface area contributed by atoms with Crippen LogP contribution < -0.4 is 10.1 Å². The highest BCUT2D eigenvalue weighted by Crippen LogP contribution is 2.24. The standard InChI is InChI=1S/C23H20N2O5/c1-16-14-19(12-13-21(16)25(28)29)30-22(26)15-20(17-8-4-2-5-9-17)24-23(27)18-10-6-3-7-11-18/h2-14,20H,15H2,1H3,(H,24,27). The first kappa shape index (κ1) is 20.7. The van der Waals surface area contributed by atoms with Crippen molar-refractivity contribution in [2.24, 2.45) is 0 Å². The molecule has 1 amide bonds. The number of amides is 1. The van der Waals surface area contributed by atoms with Crippen molar-refractivity contribution in [2.75, 3.05) is 0 Å². The van der Waals surface area contributed by atoms with Gasteiger partial charge in [-0.3, -0.25) is 19.7 Å². The van der Waals surface area contributed by atoms with Gasteiger partial charge in [0.2, 0.25) is 0 Å². The summed E-state index contributed by atoms with van der Waals surface area (Å²) in [6.45, 7) is 1.57. The molecule has 1 atom stereocenters. The molecule has 0 saturated heterocycles. The number of nitrogens with zero attached hydrogens (tertiary/aromatic N) is 1. The van der Waals surface area contributed by atoms with Gasteiger partial charge in [-0.1, -0.05) is 48.5 Å². The molecule has 30 heavy (non-hydrogen) atoms. The molecular weight excluding hydrogens is 384 g/mol. The highest BCUT2D eigenvalue weighted by atomic mass is 16.6. The zero-order valence-electron chi connectivity index (χ0n) is 16.3. The van der Waals surface area contributed by atoms with Crippen molar-refractivity contribution in [3.05, 3.63) is 106 Å². The minimum absolute atomic E-state index is 0.0490. The van der Waals surface area contributed by atoms with Crippen LogP contribution in [0.15, 0.2) is 78.9 Å². The fourth-order valence-corrected chi connectivity index (χ4v) is 3.00.